The molecular formula is C77H92BN3. The van der Waals surface area contributed by atoms with E-state index >= 15 is 0 Å². The highest BCUT2D eigenvalue weighted by atomic mass is 15.3. The normalized spacial score (nSPS) is 22.9. The maximum Gasteiger partial charge on any atom is 0.252 e. The minimum atomic E-state index is -0.332. The molecule has 6 aromatic rings. The van der Waals surface area contributed by atoms with E-state index in [0.717, 1.165) is 18.4 Å². The molecular weight excluding hydrogens is 978 g/mol. The third-order valence-electron chi connectivity index (χ3n) is 22.0. The van der Waals surface area contributed by atoms with Gasteiger partial charge in [-0.3, -0.25) is 0 Å². The van der Waals surface area contributed by atoms with Gasteiger partial charge < -0.3 is 14.7 Å². The Balaban J connectivity index is 1.27. The Labute approximate surface area is 489 Å². The van der Waals surface area contributed by atoms with Gasteiger partial charge in [-0.05, 0) is 210 Å². The fraction of sp³-hybridized carbons (Fsp3) is 0.455. The molecule has 3 unspecified atom stereocenters. The van der Waals surface area contributed by atoms with Crippen LogP contribution in [-0.4, -0.2) is 12.3 Å². The average molecular weight is 1070 g/mol. The number of fused-ring (bicyclic) bond motifs is 8. The lowest BCUT2D eigenvalue weighted by atomic mass is 9.33. The zero-order valence-electron chi connectivity index (χ0n) is 53.4. The summed E-state index contributed by atoms with van der Waals surface area (Å²) >= 11 is 0. The van der Waals surface area contributed by atoms with Gasteiger partial charge in [-0.15, -0.1) is 0 Å². The number of rotatable bonds is 4. The molecule has 418 valence electrons. The number of nitrogens with zero attached hydrogens (tertiary/aromatic N) is 3. The Kier molecular flexibility index (Phi) is 12.1. The second-order valence-corrected chi connectivity index (χ2v) is 32.1. The molecule has 3 aliphatic carbocycles. The molecule has 0 bridgehead atoms. The second kappa shape index (κ2) is 17.7. The molecule has 3 nitrogen and oxygen atoms in total. The van der Waals surface area contributed by atoms with Gasteiger partial charge >= 0.3 is 0 Å². The van der Waals surface area contributed by atoms with Crippen LogP contribution in [0.3, 0.4) is 0 Å². The number of anilines is 8. The molecule has 0 spiro atoms. The summed E-state index contributed by atoms with van der Waals surface area (Å²) in [6.07, 6.45) is 11.1. The first kappa shape index (κ1) is 55.4. The summed E-state index contributed by atoms with van der Waals surface area (Å²) in [5.74, 6) is 0.428. The molecule has 1 saturated carbocycles. The smallest absolute Gasteiger partial charge is 0.252 e. The summed E-state index contributed by atoms with van der Waals surface area (Å²) in [5.41, 5.74) is 32.3. The van der Waals surface area contributed by atoms with Gasteiger partial charge in [0, 0.05) is 50.8 Å². The zero-order valence-corrected chi connectivity index (χ0v) is 53.4. The van der Waals surface area contributed by atoms with Crippen molar-refractivity contribution in [2.75, 3.05) is 14.7 Å². The van der Waals surface area contributed by atoms with Crippen molar-refractivity contribution >= 4 is 74.2 Å². The van der Waals surface area contributed by atoms with Crippen LogP contribution in [0.1, 0.15) is 222 Å². The lowest BCUT2D eigenvalue weighted by Gasteiger charge is -2.65. The third-order valence-corrected chi connectivity index (χ3v) is 22.0. The van der Waals surface area contributed by atoms with Crippen molar-refractivity contribution in [3.63, 3.8) is 0 Å². The van der Waals surface area contributed by atoms with E-state index < -0.39 is 0 Å². The minimum absolute atomic E-state index is 0.00223. The van der Waals surface area contributed by atoms with Crippen LogP contribution in [0.2, 0.25) is 0 Å². The van der Waals surface area contributed by atoms with E-state index in [-0.39, 0.29) is 55.6 Å². The van der Waals surface area contributed by atoms with Crippen LogP contribution in [0.4, 0.5) is 45.5 Å². The zero-order chi connectivity index (χ0) is 58.3. The van der Waals surface area contributed by atoms with Gasteiger partial charge in [0.1, 0.15) is 0 Å². The molecule has 0 saturated heterocycles. The number of allylic oxidation sites excluding steroid dienone is 4. The third kappa shape index (κ3) is 8.10. The van der Waals surface area contributed by atoms with Crippen molar-refractivity contribution in [3.8, 4) is 0 Å². The van der Waals surface area contributed by atoms with Crippen LogP contribution in [0.15, 0.2) is 133 Å². The molecule has 3 atom stereocenters. The molecule has 3 aliphatic heterocycles. The van der Waals surface area contributed by atoms with Crippen LogP contribution in [0.25, 0.3) is 5.57 Å². The first-order valence-electron chi connectivity index (χ1n) is 30.8. The first-order chi connectivity index (χ1) is 37.6. The lowest BCUT2D eigenvalue weighted by Crippen LogP contribution is -2.69. The summed E-state index contributed by atoms with van der Waals surface area (Å²) in [5, 5.41) is 0. The van der Waals surface area contributed by atoms with Crippen LogP contribution >= 0.6 is 0 Å². The van der Waals surface area contributed by atoms with Gasteiger partial charge in [-0.2, -0.15) is 0 Å². The highest BCUT2D eigenvalue weighted by Crippen LogP contribution is 2.72. The second-order valence-electron chi connectivity index (χ2n) is 32.1. The van der Waals surface area contributed by atoms with E-state index in [1.165, 1.54) is 119 Å². The molecule has 4 heteroatoms. The monoisotopic (exact) mass is 1070 g/mol. The van der Waals surface area contributed by atoms with Crippen molar-refractivity contribution in [2.45, 2.75) is 215 Å². The van der Waals surface area contributed by atoms with Gasteiger partial charge in [0.2, 0.25) is 0 Å². The molecule has 81 heavy (non-hydrogen) atoms. The van der Waals surface area contributed by atoms with E-state index in [1.807, 2.05) is 6.08 Å². The minimum Gasteiger partial charge on any atom is -0.334 e. The van der Waals surface area contributed by atoms with E-state index in [4.69, 9.17) is 0 Å². The summed E-state index contributed by atoms with van der Waals surface area (Å²) in [4.78, 5) is 8.30. The molecule has 0 radical (unpaired) electrons. The van der Waals surface area contributed by atoms with Gasteiger partial charge in [0.25, 0.3) is 6.71 Å². The standard InChI is InChI=1S/C77H92BN3/c1-48-37-38-73(14,15)58-47-61-65(46-56(48)58)80(62-34-29-51(70(5,6)7)41-57(62)49-25-23-22-24-26-49)67-45-55(81-63-35-30-52(71(8,9)10)42-59(63)76(20)74(16,17)39-40-75(18,19)77(76,81)21)44-66-68(67)78(61)60-43-53(72(11,12)13)31-36-64(60)79(66)54-32-27-50(28-33-54)69(2,3)4/h23,25-36,41-48H,37-40H2,1-21H3. The predicted molar refractivity (Wildman–Crippen MR) is 351 cm³/mol. The first-order valence-corrected chi connectivity index (χ1v) is 30.8. The molecule has 0 aromatic heterocycles. The maximum atomic E-state index is 3.40. The van der Waals surface area contributed by atoms with Gasteiger partial charge in [-0.1, -0.05) is 198 Å². The highest BCUT2D eigenvalue weighted by molar-refractivity contribution is 7.00. The Morgan fingerprint density at radius 3 is 1.63 bits per heavy atom. The summed E-state index contributed by atoms with van der Waals surface area (Å²) in [6.45, 7) is 51.4. The van der Waals surface area contributed by atoms with Crippen LogP contribution < -0.4 is 31.1 Å². The van der Waals surface area contributed by atoms with Crippen molar-refractivity contribution in [1.82, 2.24) is 0 Å². The van der Waals surface area contributed by atoms with E-state index in [9.17, 15) is 0 Å². The molecule has 1 fully saturated rings. The Morgan fingerprint density at radius 1 is 0.481 bits per heavy atom. The van der Waals surface area contributed by atoms with Crippen LogP contribution in [0.5, 0.6) is 0 Å². The Hall–Kier alpha value is -6.18. The van der Waals surface area contributed by atoms with Gasteiger partial charge in [0.15, 0.2) is 0 Å². The van der Waals surface area contributed by atoms with Gasteiger partial charge in [0.05, 0.1) is 11.2 Å². The molecule has 6 aromatic carbocycles. The fourth-order valence-corrected chi connectivity index (χ4v) is 15.9. The van der Waals surface area contributed by atoms with Gasteiger partial charge in [-0.25, -0.2) is 0 Å². The Morgan fingerprint density at radius 2 is 1.02 bits per heavy atom. The maximum absolute atomic E-state index is 3.40. The van der Waals surface area contributed by atoms with E-state index in [1.54, 1.807) is 0 Å². The summed E-state index contributed by atoms with van der Waals surface area (Å²) in [6, 6.07) is 42.8. The molecule has 0 amide bonds. The highest BCUT2D eigenvalue weighted by Gasteiger charge is 2.70. The molecule has 3 heterocycles. The predicted octanol–water partition coefficient (Wildman–Crippen LogP) is 19.4. The molecule has 6 aliphatic rings. The van der Waals surface area contributed by atoms with E-state index in [2.05, 4.69) is 287 Å². The summed E-state index contributed by atoms with van der Waals surface area (Å²) in [7, 11) is 0. The largest absolute Gasteiger partial charge is 0.334 e. The van der Waals surface area contributed by atoms with Crippen molar-refractivity contribution in [1.29, 1.82) is 0 Å². The molecule has 12 rings (SSSR count). The number of benzene rings is 6. The SMILES string of the molecule is CC1CCC(C)(C)c2cc3c(cc21)N(c1ccc(C(C)(C)C)cc1C1=CC=C=C=C1)c1cc(N2c4ccc(C(C)(C)C)cc4C4(C)C(C)(C)CCC(C)(C)C24C)cc2c1B3c1cc(C(C)(C)C)ccc1N2c1ccc(C(C)(C)C)cc1. The number of hydrogen-bond acceptors (Lipinski definition) is 3. The van der Waals surface area contributed by atoms with Crippen molar-refractivity contribution in [2.24, 2.45) is 10.8 Å². The van der Waals surface area contributed by atoms with Crippen molar-refractivity contribution in [3.05, 3.63) is 177 Å². The molecule has 0 N–H and O–H groups in total. The van der Waals surface area contributed by atoms with Crippen molar-refractivity contribution < 1.29 is 0 Å². The van der Waals surface area contributed by atoms with E-state index in [0.29, 0.717) is 5.92 Å². The Bertz CT molecular complexity index is 3760. The van der Waals surface area contributed by atoms with Crippen LogP contribution in [0, 0.1) is 10.8 Å². The number of hydrogen-bond donors (Lipinski definition) is 0. The average Bonchev–Trinajstić information content (AvgIpc) is 2.85. The topological polar surface area (TPSA) is 9.72 Å². The fourth-order valence-electron chi connectivity index (χ4n) is 15.9. The lowest BCUT2D eigenvalue weighted by molar-refractivity contribution is -0.0415. The van der Waals surface area contributed by atoms with Crippen LogP contribution in [-0.2, 0) is 32.5 Å². The summed E-state index contributed by atoms with van der Waals surface area (Å²) < 4.78 is 0. The quantitative estimate of drug-likeness (QED) is 0.128.